The highest BCUT2D eigenvalue weighted by molar-refractivity contribution is 6.30. The predicted molar refractivity (Wildman–Crippen MR) is 210 cm³/mol. The van der Waals surface area contributed by atoms with E-state index in [9.17, 15) is 14.3 Å². The van der Waals surface area contributed by atoms with Crippen LogP contribution in [0, 0.1) is 5.82 Å². The predicted octanol–water partition coefficient (Wildman–Crippen LogP) is 10.4. The molecule has 1 heterocycles. The number of halogens is 3. The Bertz CT molecular complexity index is 1680. The van der Waals surface area contributed by atoms with Crippen LogP contribution in [0.15, 0.2) is 140 Å². The first-order chi connectivity index (χ1) is 24.3. The van der Waals surface area contributed by atoms with Gasteiger partial charge in [-0.3, -0.25) is 4.79 Å². The monoisotopic (exact) mass is 726 g/mol. The molecule has 0 bridgehead atoms. The summed E-state index contributed by atoms with van der Waals surface area (Å²) < 4.78 is 12.9. The first-order valence-electron chi connectivity index (χ1n) is 17.7. The van der Waals surface area contributed by atoms with Gasteiger partial charge in [-0.15, -0.1) is 12.4 Å². The van der Waals surface area contributed by atoms with Crippen LogP contribution in [-0.4, -0.2) is 42.0 Å². The van der Waals surface area contributed by atoms with E-state index in [0.29, 0.717) is 41.8 Å². The van der Waals surface area contributed by atoms with E-state index in [4.69, 9.17) is 11.6 Å². The lowest BCUT2D eigenvalue weighted by Gasteiger charge is -2.38. The van der Waals surface area contributed by atoms with Gasteiger partial charge in [0.05, 0.1) is 5.60 Å². The number of carbonyl (C=O) groups is 1. The summed E-state index contributed by atoms with van der Waals surface area (Å²) in [6, 6.07) is 45.7. The number of ketones is 1. The summed E-state index contributed by atoms with van der Waals surface area (Å²) >= 11 is 5.92. The lowest BCUT2D eigenvalue weighted by molar-refractivity contribution is -0.0260. The van der Waals surface area contributed by atoms with Crippen molar-refractivity contribution in [2.45, 2.75) is 56.6 Å². The lowest BCUT2D eigenvalue weighted by atomic mass is 9.84. The number of hydrogen-bond acceptors (Lipinski definition) is 4. The van der Waals surface area contributed by atoms with Gasteiger partial charge in [-0.2, -0.15) is 0 Å². The number of benzene rings is 5. The second-order valence-corrected chi connectivity index (χ2v) is 13.6. The molecule has 51 heavy (non-hydrogen) atoms. The molecular formula is C44H49Cl2FN2O2. The Labute approximate surface area is 314 Å². The van der Waals surface area contributed by atoms with Crippen molar-refractivity contribution in [1.29, 1.82) is 0 Å². The summed E-state index contributed by atoms with van der Waals surface area (Å²) in [7, 11) is 0. The largest absolute Gasteiger partial charge is 0.385 e. The van der Waals surface area contributed by atoms with Crippen LogP contribution in [0.25, 0.3) is 0 Å². The number of carbonyl (C=O) groups excluding carboxylic acids is 1. The fourth-order valence-corrected chi connectivity index (χ4v) is 6.76. The maximum absolute atomic E-state index is 12.9. The molecule has 1 atom stereocenters. The van der Waals surface area contributed by atoms with E-state index in [2.05, 4.69) is 108 Å². The molecule has 0 spiro atoms. The van der Waals surface area contributed by atoms with Gasteiger partial charge in [0.25, 0.3) is 0 Å². The summed E-state index contributed by atoms with van der Waals surface area (Å²) in [5.41, 5.74) is 4.78. The SMILES string of the molecule is CC(NCCC(c1ccccc1)c1ccccc1)c1ccccc1.Cl.O=C(CCCN1CCC(O)(c2ccc(Cl)cc2)CC1)c1ccc(F)cc1. The molecule has 7 heteroatoms. The molecule has 0 saturated carbocycles. The fourth-order valence-electron chi connectivity index (χ4n) is 6.64. The Morgan fingerprint density at radius 1 is 0.784 bits per heavy atom. The number of likely N-dealkylation sites (tertiary alicyclic amines) is 1. The van der Waals surface area contributed by atoms with Gasteiger partial charge < -0.3 is 15.3 Å². The third-order valence-corrected chi connectivity index (χ3v) is 9.95. The van der Waals surface area contributed by atoms with Crippen LogP contribution in [0.5, 0.6) is 0 Å². The minimum Gasteiger partial charge on any atom is -0.385 e. The molecule has 4 nitrogen and oxygen atoms in total. The zero-order valence-electron chi connectivity index (χ0n) is 29.3. The van der Waals surface area contributed by atoms with E-state index < -0.39 is 5.60 Å². The summed E-state index contributed by atoms with van der Waals surface area (Å²) in [6.45, 7) is 5.64. The van der Waals surface area contributed by atoms with Crippen LogP contribution < -0.4 is 5.32 Å². The van der Waals surface area contributed by atoms with E-state index >= 15 is 0 Å². The molecule has 1 fully saturated rings. The third-order valence-electron chi connectivity index (χ3n) is 9.70. The number of piperidine rings is 1. The van der Waals surface area contributed by atoms with Crippen molar-refractivity contribution in [3.05, 3.63) is 178 Å². The van der Waals surface area contributed by atoms with Gasteiger partial charge >= 0.3 is 0 Å². The molecule has 5 aromatic rings. The fraction of sp³-hybridized carbons (Fsp3) is 0.295. The van der Waals surface area contributed by atoms with Gasteiger partial charge in [0.2, 0.25) is 0 Å². The van der Waals surface area contributed by atoms with Gasteiger partial charge in [-0.05, 0) is 104 Å². The molecule has 1 saturated heterocycles. The molecular weight excluding hydrogens is 678 g/mol. The van der Waals surface area contributed by atoms with Crippen LogP contribution in [0.3, 0.4) is 0 Å². The number of aliphatic hydroxyl groups is 1. The van der Waals surface area contributed by atoms with E-state index in [1.807, 2.05) is 24.3 Å². The molecule has 2 N–H and O–H groups in total. The van der Waals surface area contributed by atoms with E-state index in [1.54, 1.807) is 0 Å². The van der Waals surface area contributed by atoms with Crippen LogP contribution in [-0.2, 0) is 5.60 Å². The topological polar surface area (TPSA) is 52.6 Å². The molecule has 0 amide bonds. The van der Waals surface area contributed by atoms with Gasteiger partial charge in [-0.1, -0.05) is 115 Å². The minimum atomic E-state index is -0.801. The van der Waals surface area contributed by atoms with Crippen molar-refractivity contribution in [3.8, 4) is 0 Å². The van der Waals surface area contributed by atoms with Gasteiger partial charge in [0.15, 0.2) is 5.78 Å². The summed E-state index contributed by atoms with van der Waals surface area (Å²) in [5.74, 6) is 0.144. The number of rotatable bonds is 13. The van der Waals surface area contributed by atoms with Gasteiger partial charge in [0.1, 0.15) is 5.82 Å². The maximum atomic E-state index is 12.9. The Balaban J connectivity index is 0.000000225. The number of nitrogens with zero attached hydrogens (tertiary/aromatic N) is 1. The van der Waals surface area contributed by atoms with Crippen LogP contribution in [0.4, 0.5) is 4.39 Å². The Morgan fingerprint density at radius 2 is 1.29 bits per heavy atom. The Hall–Kier alpha value is -3.84. The molecule has 268 valence electrons. The normalized spacial score (nSPS) is 14.5. The zero-order chi connectivity index (χ0) is 35.2. The zero-order valence-corrected chi connectivity index (χ0v) is 30.8. The number of nitrogens with one attached hydrogen (secondary N) is 1. The van der Waals surface area contributed by atoms with Crippen LogP contribution in [0.1, 0.15) is 83.6 Å². The van der Waals surface area contributed by atoms with Crippen molar-refractivity contribution in [2.75, 3.05) is 26.2 Å². The first-order valence-corrected chi connectivity index (χ1v) is 18.1. The second-order valence-electron chi connectivity index (χ2n) is 13.2. The molecule has 0 aliphatic carbocycles. The molecule has 6 rings (SSSR count). The first kappa shape index (κ1) is 39.9. The number of hydrogen-bond donors (Lipinski definition) is 2. The van der Waals surface area contributed by atoms with Gasteiger partial charge in [-0.25, -0.2) is 4.39 Å². The van der Waals surface area contributed by atoms with Crippen molar-refractivity contribution in [2.24, 2.45) is 0 Å². The molecule has 1 aliphatic heterocycles. The smallest absolute Gasteiger partial charge is 0.162 e. The average molecular weight is 728 g/mol. The molecule has 0 aromatic heterocycles. The van der Waals surface area contributed by atoms with Gasteiger partial charge in [0, 0.05) is 42.1 Å². The van der Waals surface area contributed by atoms with Crippen LogP contribution >= 0.6 is 24.0 Å². The van der Waals surface area contributed by atoms with E-state index in [-0.39, 0.29) is 24.0 Å². The van der Waals surface area contributed by atoms with Crippen LogP contribution in [0.2, 0.25) is 5.02 Å². The van der Waals surface area contributed by atoms with Crippen molar-refractivity contribution in [1.82, 2.24) is 10.2 Å². The molecule has 1 aliphatic rings. The highest BCUT2D eigenvalue weighted by Gasteiger charge is 2.33. The maximum Gasteiger partial charge on any atom is 0.162 e. The molecule has 5 aromatic carbocycles. The Kier molecular flexibility index (Phi) is 15.9. The summed E-state index contributed by atoms with van der Waals surface area (Å²) in [4.78, 5) is 14.4. The molecule has 0 radical (unpaired) electrons. The van der Waals surface area contributed by atoms with Crippen molar-refractivity contribution >= 4 is 29.8 Å². The van der Waals surface area contributed by atoms with Crippen molar-refractivity contribution < 1.29 is 14.3 Å². The average Bonchev–Trinajstić information content (AvgIpc) is 3.16. The third kappa shape index (κ3) is 12.1. The summed E-state index contributed by atoms with van der Waals surface area (Å²) in [5, 5.41) is 15.2. The number of Topliss-reactive ketones (excluding diaryl/α,β-unsaturated/α-hetero) is 1. The summed E-state index contributed by atoms with van der Waals surface area (Å²) in [6.07, 6.45) is 3.63. The second kappa shape index (κ2) is 20.3. The molecule has 1 unspecified atom stereocenters. The lowest BCUT2D eigenvalue weighted by Crippen LogP contribution is -2.42. The standard InChI is InChI=1S/C23H25N.C21H23ClFNO2.ClH/c1-19(20-11-5-2-6-12-20)24-18-17-23(21-13-7-3-8-14-21)22-15-9-4-10-16-22;22-18-7-5-17(6-8-18)21(26)11-14-24(15-12-21)13-1-2-20(25)16-3-9-19(23)10-4-16;/h2-16,19,23-24H,17-18H2,1H3;3-10,26H,1-2,11-15H2;1H. The highest BCUT2D eigenvalue weighted by atomic mass is 35.5. The van der Waals surface area contributed by atoms with Crippen molar-refractivity contribution in [3.63, 3.8) is 0 Å². The highest BCUT2D eigenvalue weighted by Crippen LogP contribution is 2.33. The van der Waals surface area contributed by atoms with E-state index in [0.717, 1.165) is 44.6 Å². The quantitative estimate of drug-likeness (QED) is 0.119. The Morgan fingerprint density at radius 3 is 1.82 bits per heavy atom. The van der Waals surface area contributed by atoms with E-state index in [1.165, 1.54) is 41.0 Å². The minimum absolute atomic E-state index is 0.